The van der Waals surface area contributed by atoms with Crippen molar-refractivity contribution in [2.75, 3.05) is 18.5 Å². The molecule has 6 nitrogen and oxygen atoms in total. The van der Waals surface area contributed by atoms with Gasteiger partial charge >= 0.3 is 5.97 Å². The highest BCUT2D eigenvalue weighted by Crippen LogP contribution is 2.33. The number of carbonyl (C=O) groups is 2. The molecule has 1 heterocycles. The molecule has 0 unspecified atom stereocenters. The summed E-state index contributed by atoms with van der Waals surface area (Å²) in [6.07, 6.45) is 1.88. The molecule has 0 atom stereocenters. The minimum atomic E-state index is -0.433. The number of pyridine rings is 1. The predicted molar refractivity (Wildman–Crippen MR) is 111 cm³/mol. The van der Waals surface area contributed by atoms with Crippen molar-refractivity contribution in [2.45, 2.75) is 19.8 Å². The summed E-state index contributed by atoms with van der Waals surface area (Å²) >= 11 is 0. The number of carbonyl (C=O) groups excluding carboxylic acids is 2. The second kappa shape index (κ2) is 8.31. The van der Waals surface area contributed by atoms with Gasteiger partial charge in [-0.1, -0.05) is 30.3 Å². The third kappa shape index (κ3) is 4.54. The summed E-state index contributed by atoms with van der Waals surface area (Å²) < 4.78 is 10.8. The molecular formula is C23H22N2O4. The number of rotatable bonds is 7. The lowest BCUT2D eigenvalue weighted by atomic mass is 10.1. The fourth-order valence-corrected chi connectivity index (χ4v) is 3.08. The number of hydrogen-bond acceptors (Lipinski definition) is 5. The Balaban J connectivity index is 1.70. The van der Waals surface area contributed by atoms with Crippen molar-refractivity contribution in [3.63, 3.8) is 0 Å². The summed E-state index contributed by atoms with van der Waals surface area (Å²) in [5.41, 5.74) is 3.09. The lowest BCUT2D eigenvalue weighted by molar-refractivity contribution is -0.145. The second-order valence-electron chi connectivity index (χ2n) is 6.96. The van der Waals surface area contributed by atoms with Crippen LogP contribution >= 0.6 is 0 Å². The van der Waals surface area contributed by atoms with Crippen molar-refractivity contribution in [1.82, 2.24) is 4.98 Å². The fourth-order valence-electron chi connectivity index (χ4n) is 3.08. The van der Waals surface area contributed by atoms with Crippen molar-refractivity contribution in [3.05, 3.63) is 54.6 Å². The van der Waals surface area contributed by atoms with E-state index < -0.39 is 5.97 Å². The Bertz CT molecular complexity index is 1050. The molecule has 0 aliphatic heterocycles. The summed E-state index contributed by atoms with van der Waals surface area (Å²) in [6.45, 7) is 1.85. The molecule has 1 aromatic heterocycles. The summed E-state index contributed by atoms with van der Waals surface area (Å²) in [7, 11) is 0. The topological polar surface area (TPSA) is 77.5 Å². The van der Waals surface area contributed by atoms with Gasteiger partial charge in [-0.05, 0) is 38.0 Å². The van der Waals surface area contributed by atoms with Crippen LogP contribution in [0.25, 0.3) is 22.2 Å². The highest BCUT2D eigenvalue weighted by Gasteiger charge is 2.29. The van der Waals surface area contributed by atoms with Gasteiger partial charge < -0.3 is 14.8 Å². The number of esters is 1. The van der Waals surface area contributed by atoms with Gasteiger partial charge in [0.05, 0.1) is 17.8 Å². The van der Waals surface area contributed by atoms with Gasteiger partial charge in [0.25, 0.3) is 0 Å². The van der Waals surface area contributed by atoms with E-state index in [9.17, 15) is 9.59 Å². The van der Waals surface area contributed by atoms with E-state index in [-0.39, 0.29) is 18.4 Å². The first kappa shape index (κ1) is 18.9. The average Bonchev–Trinajstić information content (AvgIpc) is 3.58. The van der Waals surface area contributed by atoms with E-state index >= 15 is 0 Å². The first-order valence-electron chi connectivity index (χ1n) is 9.73. The number of amides is 1. The summed E-state index contributed by atoms with van der Waals surface area (Å²) in [4.78, 5) is 28.6. The van der Waals surface area contributed by atoms with Gasteiger partial charge in [-0.25, -0.2) is 9.78 Å². The number of anilines is 1. The van der Waals surface area contributed by atoms with Crippen molar-refractivity contribution >= 4 is 28.5 Å². The highest BCUT2D eigenvalue weighted by atomic mass is 16.6. The number of hydrogen-bond donors (Lipinski definition) is 1. The Hall–Kier alpha value is -3.41. The molecule has 1 N–H and O–H groups in total. The number of benzene rings is 2. The van der Waals surface area contributed by atoms with E-state index in [4.69, 9.17) is 14.5 Å². The third-order valence-electron chi connectivity index (χ3n) is 4.71. The average molecular weight is 390 g/mol. The lowest BCUT2D eigenvalue weighted by Crippen LogP contribution is -2.15. The number of fused-ring (bicyclic) bond motifs is 1. The monoisotopic (exact) mass is 390 g/mol. The zero-order valence-electron chi connectivity index (χ0n) is 16.2. The normalized spacial score (nSPS) is 13.1. The zero-order chi connectivity index (χ0) is 20.2. The van der Waals surface area contributed by atoms with E-state index in [0.717, 1.165) is 35.0 Å². The molecular weight excluding hydrogens is 368 g/mol. The minimum Gasteiger partial charge on any atom is -0.481 e. The van der Waals surface area contributed by atoms with Gasteiger partial charge in [0.15, 0.2) is 6.61 Å². The van der Waals surface area contributed by atoms with Crippen LogP contribution in [0.4, 0.5) is 5.69 Å². The largest absolute Gasteiger partial charge is 0.481 e. The van der Waals surface area contributed by atoms with Gasteiger partial charge in [-0.15, -0.1) is 0 Å². The molecule has 29 heavy (non-hydrogen) atoms. The molecule has 1 saturated carbocycles. The van der Waals surface area contributed by atoms with Crippen molar-refractivity contribution in [1.29, 1.82) is 0 Å². The molecule has 1 aliphatic rings. The van der Waals surface area contributed by atoms with Crippen LogP contribution in [0.2, 0.25) is 0 Å². The van der Waals surface area contributed by atoms with Crippen LogP contribution in [-0.2, 0) is 14.3 Å². The Morgan fingerprint density at radius 3 is 2.62 bits per heavy atom. The molecule has 0 bridgehead atoms. The molecule has 0 radical (unpaired) electrons. The highest BCUT2D eigenvalue weighted by molar-refractivity contribution is 5.97. The number of ether oxygens (including phenoxy) is 2. The maximum Gasteiger partial charge on any atom is 0.344 e. The molecule has 148 valence electrons. The summed E-state index contributed by atoms with van der Waals surface area (Å²) in [5.74, 6) is 0.234. The first-order chi connectivity index (χ1) is 14.1. The third-order valence-corrected chi connectivity index (χ3v) is 4.71. The SMILES string of the molecule is CCOC(=O)COc1cc(-c2ccccc2)nc2ccc(NC(=O)C3CC3)cc12. The number of nitrogens with one attached hydrogen (secondary N) is 1. The van der Waals surface area contributed by atoms with E-state index in [0.29, 0.717) is 18.0 Å². The molecule has 0 spiro atoms. The molecule has 4 rings (SSSR count). The first-order valence-corrected chi connectivity index (χ1v) is 9.73. The molecule has 3 aromatic rings. The van der Waals surface area contributed by atoms with Crippen LogP contribution in [0.1, 0.15) is 19.8 Å². The molecule has 1 fully saturated rings. The van der Waals surface area contributed by atoms with Gasteiger partial charge in [-0.2, -0.15) is 0 Å². The Labute approximate surface area is 168 Å². The van der Waals surface area contributed by atoms with Crippen LogP contribution in [0, 0.1) is 5.92 Å². The maximum atomic E-state index is 12.1. The van der Waals surface area contributed by atoms with Gasteiger partial charge in [0.2, 0.25) is 5.91 Å². The van der Waals surface area contributed by atoms with Gasteiger partial charge in [-0.3, -0.25) is 4.79 Å². The van der Waals surface area contributed by atoms with Crippen LogP contribution < -0.4 is 10.1 Å². The van der Waals surface area contributed by atoms with E-state index in [1.165, 1.54) is 0 Å². The Morgan fingerprint density at radius 2 is 1.90 bits per heavy atom. The van der Waals surface area contributed by atoms with E-state index in [1.54, 1.807) is 6.92 Å². The van der Waals surface area contributed by atoms with Crippen LogP contribution in [-0.4, -0.2) is 30.1 Å². The van der Waals surface area contributed by atoms with Gasteiger partial charge in [0.1, 0.15) is 5.75 Å². The zero-order valence-corrected chi connectivity index (χ0v) is 16.2. The van der Waals surface area contributed by atoms with Crippen molar-refractivity contribution in [3.8, 4) is 17.0 Å². The molecule has 1 aliphatic carbocycles. The molecule has 0 saturated heterocycles. The molecule has 1 amide bonds. The standard InChI is InChI=1S/C23H22N2O4/c1-2-28-22(26)14-29-21-13-20(15-6-4-3-5-7-15)25-19-11-10-17(12-18(19)21)24-23(27)16-8-9-16/h3-7,10-13,16H,2,8-9,14H2,1H3,(H,24,27). The summed E-state index contributed by atoms with van der Waals surface area (Å²) in [6, 6.07) is 17.1. The van der Waals surface area contributed by atoms with Crippen LogP contribution in [0.5, 0.6) is 5.75 Å². The van der Waals surface area contributed by atoms with E-state index in [1.807, 2.05) is 54.6 Å². The predicted octanol–water partition coefficient (Wildman–Crippen LogP) is 4.19. The number of aromatic nitrogens is 1. The summed E-state index contributed by atoms with van der Waals surface area (Å²) in [5, 5.41) is 3.67. The number of nitrogens with zero attached hydrogens (tertiary/aromatic N) is 1. The smallest absolute Gasteiger partial charge is 0.344 e. The van der Waals surface area contributed by atoms with Crippen LogP contribution in [0.3, 0.4) is 0 Å². The van der Waals surface area contributed by atoms with Crippen LogP contribution in [0.15, 0.2) is 54.6 Å². The second-order valence-corrected chi connectivity index (χ2v) is 6.96. The van der Waals surface area contributed by atoms with Gasteiger partial charge in [0, 0.05) is 28.6 Å². The molecule has 6 heteroatoms. The molecule has 2 aromatic carbocycles. The minimum absolute atomic E-state index is 0.0345. The fraction of sp³-hybridized carbons (Fsp3) is 0.261. The Kier molecular flexibility index (Phi) is 5.42. The quantitative estimate of drug-likeness (QED) is 0.612. The lowest BCUT2D eigenvalue weighted by Gasteiger charge is -2.13. The maximum absolute atomic E-state index is 12.1. The van der Waals surface area contributed by atoms with E-state index in [2.05, 4.69) is 5.32 Å². The van der Waals surface area contributed by atoms with Crippen molar-refractivity contribution in [2.24, 2.45) is 5.92 Å². The Morgan fingerprint density at radius 1 is 1.10 bits per heavy atom. The van der Waals surface area contributed by atoms with Crippen molar-refractivity contribution < 1.29 is 19.1 Å².